The first kappa shape index (κ1) is 39.3. The van der Waals surface area contributed by atoms with Gasteiger partial charge in [0.05, 0.1) is 32.0 Å². The Kier molecular flexibility index (Phi) is 17.6. The van der Waals surface area contributed by atoms with Crippen LogP contribution in [0.1, 0.15) is 143 Å². The van der Waals surface area contributed by atoms with Crippen molar-refractivity contribution >= 4 is 5.97 Å². The van der Waals surface area contributed by atoms with Crippen LogP contribution in [0.3, 0.4) is 0 Å². The number of carbonyl (C=O) groups is 1. The van der Waals surface area contributed by atoms with Gasteiger partial charge in [-0.05, 0) is 116 Å². The highest BCUT2D eigenvalue weighted by atomic mass is 19.1. The van der Waals surface area contributed by atoms with Crippen molar-refractivity contribution in [3.63, 3.8) is 0 Å². The average molecular weight is 695 g/mol. The maximum atomic E-state index is 15.0. The zero-order valence-corrected chi connectivity index (χ0v) is 30.1. The number of esters is 1. The third-order valence-electron chi connectivity index (χ3n) is 9.45. The SMILES string of the molecule is CCCCCCCOc1ccc(C2CCC(c3ccc(OCCCCOC(=O)c4ccc(COOCCCCC)cc4)c(F)c3)CC2)cc1F. The Labute approximate surface area is 297 Å². The van der Waals surface area contributed by atoms with Crippen LogP contribution in [-0.4, -0.2) is 32.4 Å². The van der Waals surface area contributed by atoms with Crippen LogP contribution in [0, 0.1) is 11.6 Å². The van der Waals surface area contributed by atoms with E-state index >= 15 is 0 Å². The molecule has 0 atom stereocenters. The fourth-order valence-corrected chi connectivity index (χ4v) is 6.38. The van der Waals surface area contributed by atoms with Gasteiger partial charge in [0.25, 0.3) is 0 Å². The summed E-state index contributed by atoms with van der Waals surface area (Å²) < 4.78 is 46.5. The smallest absolute Gasteiger partial charge is 0.338 e. The minimum Gasteiger partial charge on any atom is -0.491 e. The van der Waals surface area contributed by atoms with Gasteiger partial charge in [-0.15, -0.1) is 0 Å². The van der Waals surface area contributed by atoms with Crippen LogP contribution >= 0.6 is 0 Å². The number of unbranched alkanes of at least 4 members (excludes halogenated alkanes) is 7. The summed E-state index contributed by atoms with van der Waals surface area (Å²) in [6, 6.07) is 17.7. The molecule has 0 N–H and O–H groups in total. The highest BCUT2D eigenvalue weighted by Crippen LogP contribution is 2.41. The van der Waals surface area contributed by atoms with Crippen molar-refractivity contribution in [2.75, 3.05) is 26.4 Å². The summed E-state index contributed by atoms with van der Waals surface area (Å²) >= 11 is 0. The second-order valence-corrected chi connectivity index (χ2v) is 13.4. The molecule has 8 heteroatoms. The highest BCUT2D eigenvalue weighted by molar-refractivity contribution is 5.89. The van der Waals surface area contributed by atoms with E-state index in [9.17, 15) is 13.6 Å². The number of benzene rings is 3. The minimum absolute atomic E-state index is 0.230. The van der Waals surface area contributed by atoms with E-state index in [1.165, 1.54) is 19.3 Å². The van der Waals surface area contributed by atoms with E-state index in [1.54, 1.807) is 36.4 Å². The van der Waals surface area contributed by atoms with Crippen LogP contribution < -0.4 is 9.47 Å². The lowest BCUT2D eigenvalue weighted by Crippen LogP contribution is -2.13. The third kappa shape index (κ3) is 13.3. The summed E-state index contributed by atoms with van der Waals surface area (Å²) in [5.41, 5.74) is 3.37. The second kappa shape index (κ2) is 22.4. The summed E-state index contributed by atoms with van der Waals surface area (Å²) in [5.74, 6) is 0.0876. The number of halogens is 2. The molecule has 1 aliphatic rings. The molecule has 50 heavy (non-hydrogen) atoms. The quantitative estimate of drug-likeness (QED) is 0.0426. The molecule has 1 aliphatic carbocycles. The Hall–Kier alpha value is -3.49. The topological polar surface area (TPSA) is 63.2 Å². The van der Waals surface area contributed by atoms with E-state index in [0.29, 0.717) is 56.5 Å². The van der Waals surface area contributed by atoms with Crippen LogP contribution in [0.2, 0.25) is 0 Å². The first-order valence-electron chi connectivity index (χ1n) is 18.8. The monoisotopic (exact) mass is 694 g/mol. The Morgan fingerprint density at radius 2 is 1.10 bits per heavy atom. The molecule has 0 heterocycles. The Bertz CT molecular complexity index is 1400. The summed E-state index contributed by atoms with van der Waals surface area (Å²) in [6.07, 6.45) is 13.8. The van der Waals surface area contributed by atoms with E-state index in [2.05, 4.69) is 13.8 Å². The Balaban J connectivity index is 1.10. The molecule has 3 aromatic rings. The maximum Gasteiger partial charge on any atom is 0.338 e. The fraction of sp³-hybridized carbons (Fsp3) is 0.548. The van der Waals surface area contributed by atoms with Crippen LogP contribution in [0.25, 0.3) is 0 Å². The second-order valence-electron chi connectivity index (χ2n) is 13.4. The Morgan fingerprint density at radius 1 is 0.600 bits per heavy atom. The maximum absolute atomic E-state index is 15.0. The Morgan fingerprint density at radius 3 is 1.66 bits per heavy atom. The molecule has 1 fully saturated rings. The molecule has 0 amide bonds. The number of carbonyl (C=O) groups excluding carboxylic acids is 1. The van der Waals surface area contributed by atoms with Gasteiger partial charge < -0.3 is 14.2 Å². The standard InChI is InChI=1S/C42H56F2O6/c1-3-5-7-8-10-25-46-40-23-21-36(29-38(40)43)33-17-19-34(20-18-33)37-22-24-41(39(44)30-37)47-26-11-12-27-48-42(45)35-15-13-32(14-16-35)31-50-49-28-9-6-4-2/h13-16,21-24,29-30,33-34H,3-12,17-20,25-28,31H2,1-2H3. The molecule has 0 spiro atoms. The molecule has 0 saturated heterocycles. The van der Waals surface area contributed by atoms with Crippen LogP contribution in [0.4, 0.5) is 8.78 Å². The lowest BCUT2D eigenvalue weighted by atomic mass is 9.76. The van der Waals surface area contributed by atoms with Gasteiger partial charge in [-0.3, -0.25) is 0 Å². The molecular weight excluding hydrogens is 638 g/mol. The molecule has 3 aromatic carbocycles. The van der Waals surface area contributed by atoms with Crippen molar-refractivity contribution < 1.29 is 37.6 Å². The first-order valence-corrected chi connectivity index (χ1v) is 18.8. The first-order chi connectivity index (χ1) is 24.5. The van der Waals surface area contributed by atoms with Crippen LogP contribution in [0.5, 0.6) is 11.5 Å². The fourth-order valence-electron chi connectivity index (χ4n) is 6.38. The zero-order valence-electron chi connectivity index (χ0n) is 30.1. The van der Waals surface area contributed by atoms with E-state index in [1.807, 2.05) is 24.3 Å². The average Bonchev–Trinajstić information content (AvgIpc) is 3.14. The molecule has 0 radical (unpaired) electrons. The molecule has 274 valence electrons. The number of rotatable bonds is 23. The van der Waals surface area contributed by atoms with E-state index in [0.717, 1.165) is 74.5 Å². The molecule has 0 unspecified atom stereocenters. The predicted molar refractivity (Wildman–Crippen MR) is 193 cm³/mol. The van der Waals surface area contributed by atoms with Gasteiger partial charge >= 0.3 is 5.97 Å². The van der Waals surface area contributed by atoms with E-state index in [-0.39, 0.29) is 35.9 Å². The van der Waals surface area contributed by atoms with Gasteiger partial charge in [-0.1, -0.05) is 76.6 Å². The molecule has 4 rings (SSSR count). The molecule has 0 bridgehead atoms. The van der Waals surface area contributed by atoms with E-state index in [4.69, 9.17) is 24.0 Å². The number of hydrogen-bond donors (Lipinski definition) is 0. The van der Waals surface area contributed by atoms with Gasteiger partial charge in [0.1, 0.15) is 6.61 Å². The van der Waals surface area contributed by atoms with E-state index < -0.39 is 0 Å². The van der Waals surface area contributed by atoms with Gasteiger partial charge in [-0.2, -0.15) is 0 Å². The largest absolute Gasteiger partial charge is 0.491 e. The van der Waals surface area contributed by atoms with Crippen molar-refractivity contribution in [3.8, 4) is 11.5 Å². The van der Waals surface area contributed by atoms with Crippen molar-refractivity contribution in [2.45, 2.75) is 122 Å². The predicted octanol–water partition coefficient (Wildman–Crippen LogP) is 11.4. The summed E-state index contributed by atoms with van der Waals surface area (Å²) in [7, 11) is 0. The third-order valence-corrected chi connectivity index (χ3v) is 9.45. The number of hydrogen-bond acceptors (Lipinski definition) is 6. The zero-order chi connectivity index (χ0) is 35.4. The van der Waals surface area contributed by atoms with Crippen molar-refractivity contribution in [2.24, 2.45) is 0 Å². The van der Waals surface area contributed by atoms with Crippen LogP contribution in [0.15, 0.2) is 60.7 Å². The molecule has 0 aromatic heterocycles. The molecule has 6 nitrogen and oxygen atoms in total. The van der Waals surface area contributed by atoms with Crippen molar-refractivity contribution in [3.05, 3.63) is 94.6 Å². The van der Waals surface area contributed by atoms with Gasteiger partial charge in [0.15, 0.2) is 23.1 Å². The summed E-state index contributed by atoms with van der Waals surface area (Å²) in [5, 5.41) is 0. The summed E-state index contributed by atoms with van der Waals surface area (Å²) in [6.45, 7) is 6.35. The lowest BCUT2D eigenvalue weighted by molar-refractivity contribution is -0.304. The molecular formula is C42H56F2O6. The van der Waals surface area contributed by atoms with Gasteiger partial charge in [0.2, 0.25) is 0 Å². The van der Waals surface area contributed by atoms with Crippen molar-refractivity contribution in [1.29, 1.82) is 0 Å². The highest BCUT2D eigenvalue weighted by Gasteiger charge is 2.25. The van der Waals surface area contributed by atoms with Gasteiger partial charge in [0, 0.05) is 0 Å². The molecule has 0 aliphatic heterocycles. The van der Waals surface area contributed by atoms with Crippen LogP contribution in [-0.2, 0) is 21.1 Å². The lowest BCUT2D eigenvalue weighted by Gasteiger charge is -2.29. The van der Waals surface area contributed by atoms with Crippen molar-refractivity contribution in [1.82, 2.24) is 0 Å². The minimum atomic E-state index is -0.386. The summed E-state index contributed by atoms with van der Waals surface area (Å²) in [4.78, 5) is 22.8. The van der Waals surface area contributed by atoms with Gasteiger partial charge in [-0.25, -0.2) is 23.4 Å². The normalized spacial score (nSPS) is 15.9. The molecule has 1 saturated carbocycles. The number of ether oxygens (including phenoxy) is 3.